The van der Waals surface area contributed by atoms with Crippen molar-refractivity contribution in [1.82, 2.24) is 0 Å². The highest BCUT2D eigenvalue weighted by molar-refractivity contribution is 5.86. The van der Waals surface area contributed by atoms with Gasteiger partial charge in [-0.3, -0.25) is 0 Å². The largest absolute Gasteiger partial charge is 0.462 e. The number of carbonyl (C=O) groups excluding carboxylic acids is 1. The molecule has 0 amide bonds. The van der Waals surface area contributed by atoms with Crippen LogP contribution in [0.25, 0.3) is 0 Å². The average Bonchev–Trinajstić information content (AvgIpc) is 2.14. The number of ether oxygens (including phenoxy) is 2. The van der Waals surface area contributed by atoms with Gasteiger partial charge in [-0.05, 0) is 20.3 Å². The topological polar surface area (TPSA) is 35.5 Å². The first kappa shape index (κ1) is 11.2. The van der Waals surface area contributed by atoms with Gasteiger partial charge in [0.1, 0.15) is 0 Å². The van der Waals surface area contributed by atoms with Crippen LogP contribution in [0.2, 0.25) is 0 Å². The zero-order valence-corrected chi connectivity index (χ0v) is 9.13. The van der Waals surface area contributed by atoms with Crippen molar-refractivity contribution < 1.29 is 14.3 Å². The lowest BCUT2D eigenvalue weighted by molar-refractivity contribution is -0.178. The summed E-state index contributed by atoms with van der Waals surface area (Å²) in [4.78, 5) is 11.1. The fraction of sp³-hybridized carbons (Fsp3) is 0.727. The third-order valence-corrected chi connectivity index (χ3v) is 2.90. The third kappa shape index (κ3) is 2.35. The van der Waals surface area contributed by atoms with Gasteiger partial charge in [-0.15, -0.1) is 0 Å². The van der Waals surface area contributed by atoms with E-state index in [-0.39, 0.29) is 17.5 Å². The van der Waals surface area contributed by atoms with Gasteiger partial charge in [0, 0.05) is 11.0 Å². The van der Waals surface area contributed by atoms with Crippen LogP contribution >= 0.6 is 0 Å². The predicted molar refractivity (Wildman–Crippen MR) is 53.9 cm³/mol. The number of carbonyl (C=O) groups is 1. The van der Waals surface area contributed by atoms with Crippen LogP contribution in [0.3, 0.4) is 0 Å². The molecular weight excluding hydrogens is 180 g/mol. The molecule has 1 fully saturated rings. The molecule has 0 saturated carbocycles. The first-order valence-electron chi connectivity index (χ1n) is 4.90. The Kier molecular flexibility index (Phi) is 3.32. The first-order valence-corrected chi connectivity index (χ1v) is 4.90. The van der Waals surface area contributed by atoms with Gasteiger partial charge >= 0.3 is 5.97 Å². The molecular formula is C11H18O3. The van der Waals surface area contributed by atoms with E-state index < -0.39 is 0 Å². The SMILES string of the molecule is C=C(C)C(=O)OCCC1(C)COC1C. The van der Waals surface area contributed by atoms with E-state index in [1.165, 1.54) is 0 Å². The Morgan fingerprint density at radius 1 is 1.71 bits per heavy atom. The van der Waals surface area contributed by atoms with Crippen molar-refractivity contribution in [1.29, 1.82) is 0 Å². The monoisotopic (exact) mass is 198 g/mol. The van der Waals surface area contributed by atoms with Crippen molar-refractivity contribution in [3.63, 3.8) is 0 Å². The Balaban J connectivity index is 2.22. The summed E-state index contributed by atoms with van der Waals surface area (Å²) in [6, 6.07) is 0. The minimum Gasteiger partial charge on any atom is -0.462 e. The van der Waals surface area contributed by atoms with Gasteiger partial charge in [0.15, 0.2) is 0 Å². The number of rotatable bonds is 4. The number of esters is 1. The summed E-state index contributed by atoms with van der Waals surface area (Å²) < 4.78 is 10.3. The summed E-state index contributed by atoms with van der Waals surface area (Å²) in [5, 5.41) is 0. The molecule has 14 heavy (non-hydrogen) atoms. The summed E-state index contributed by atoms with van der Waals surface area (Å²) in [7, 11) is 0. The molecule has 0 bridgehead atoms. The Morgan fingerprint density at radius 2 is 2.36 bits per heavy atom. The number of hydrogen-bond donors (Lipinski definition) is 0. The smallest absolute Gasteiger partial charge is 0.333 e. The summed E-state index contributed by atoms with van der Waals surface area (Å²) in [6.45, 7) is 10.6. The Morgan fingerprint density at radius 3 is 2.71 bits per heavy atom. The maximum absolute atomic E-state index is 11.1. The molecule has 80 valence electrons. The molecule has 3 nitrogen and oxygen atoms in total. The highest BCUT2D eigenvalue weighted by atomic mass is 16.5. The summed E-state index contributed by atoms with van der Waals surface area (Å²) >= 11 is 0. The lowest BCUT2D eigenvalue weighted by atomic mass is 9.78. The van der Waals surface area contributed by atoms with E-state index in [4.69, 9.17) is 9.47 Å². The lowest BCUT2D eigenvalue weighted by Gasteiger charge is -2.45. The molecule has 0 aromatic carbocycles. The van der Waals surface area contributed by atoms with Crippen LogP contribution in [0.15, 0.2) is 12.2 Å². The normalized spacial score (nSPS) is 30.6. The van der Waals surface area contributed by atoms with Crippen LogP contribution in [-0.4, -0.2) is 25.3 Å². The molecule has 0 aromatic rings. The van der Waals surface area contributed by atoms with Gasteiger partial charge in [-0.2, -0.15) is 0 Å². The Labute approximate surface area is 85.1 Å². The standard InChI is InChI=1S/C11H18O3/c1-8(2)10(12)13-6-5-11(4)7-14-9(11)3/h9H,1,5-7H2,2-4H3. The molecule has 2 atom stereocenters. The van der Waals surface area contributed by atoms with Gasteiger partial charge in [0.05, 0.1) is 19.3 Å². The highest BCUT2D eigenvalue weighted by Gasteiger charge is 2.40. The Bertz CT molecular complexity index is 247. The third-order valence-electron chi connectivity index (χ3n) is 2.90. The molecule has 0 spiro atoms. The van der Waals surface area contributed by atoms with Crippen LogP contribution in [0.1, 0.15) is 27.2 Å². The molecule has 0 N–H and O–H groups in total. The highest BCUT2D eigenvalue weighted by Crippen LogP contribution is 2.37. The van der Waals surface area contributed by atoms with Crippen molar-refractivity contribution in [2.45, 2.75) is 33.3 Å². The second-order valence-corrected chi connectivity index (χ2v) is 4.27. The summed E-state index contributed by atoms with van der Waals surface area (Å²) in [5.74, 6) is -0.304. The zero-order chi connectivity index (χ0) is 10.8. The molecule has 0 aromatic heterocycles. The van der Waals surface area contributed by atoms with Crippen molar-refractivity contribution in [3.8, 4) is 0 Å². The summed E-state index contributed by atoms with van der Waals surface area (Å²) in [6.07, 6.45) is 1.12. The van der Waals surface area contributed by atoms with Gasteiger partial charge in [0.2, 0.25) is 0 Å². The van der Waals surface area contributed by atoms with E-state index in [0.29, 0.717) is 12.2 Å². The minimum atomic E-state index is -0.304. The van der Waals surface area contributed by atoms with Crippen LogP contribution in [0, 0.1) is 5.41 Å². The maximum atomic E-state index is 11.1. The Hall–Kier alpha value is -0.830. The van der Waals surface area contributed by atoms with Crippen LogP contribution in [0.5, 0.6) is 0 Å². The summed E-state index contributed by atoms with van der Waals surface area (Å²) in [5.41, 5.74) is 0.628. The van der Waals surface area contributed by atoms with Gasteiger partial charge < -0.3 is 9.47 Å². The fourth-order valence-electron chi connectivity index (χ4n) is 1.31. The number of hydrogen-bond acceptors (Lipinski definition) is 3. The van der Waals surface area contributed by atoms with Crippen LogP contribution < -0.4 is 0 Å². The van der Waals surface area contributed by atoms with Crippen molar-refractivity contribution in [2.75, 3.05) is 13.2 Å². The maximum Gasteiger partial charge on any atom is 0.333 e. The second kappa shape index (κ2) is 4.13. The molecule has 1 heterocycles. The van der Waals surface area contributed by atoms with E-state index in [9.17, 15) is 4.79 Å². The molecule has 3 heteroatoms. The average molecular weight is 198 g/mol. The zero-order valence-electron chi connectivity index (χ0n) is 9.13. The van der Waals surface area contributed by atoms with E-state index in [1.54, 1.807) is 6.92 Å². The van der Waals surface area contributed by atoms with E-state index in [2.05, 4.69) is 13.5 Å². The molecule has 1 aliphatic rings. The minimum absolute atomic E-state index is 0.176. The van der Waals surface area contributed by atoms with Crippen LogP contribution in [-0.2, 0) is 14.3 Å². The second-order valence-electron chi connectivity index (χ2n) is 4.27. The van der Waals surface area contributed by atoms with E-state index in [1.807, 2.05) is 6.92 Å². The van der Waals surface area contributed by atoms with Gasteiger partial charge in [-0.1, -0.05) is 13.5 Å². The molecule has 0 aliphatic carbocycles. The van der Waals surface area contributed by atoms with Gasteiger partial charge in [0.25, 0.3) is 0 Å². The molecule has 1 saturated heterocycles. The fourth-order valence-corrected chi connectivity index (χ4v) is 1.31. The molecule has 2 unspecified atom stereocenters. The van der Waals surface area contributed by atoms with Crippen LogP contribution in [0.4, 0.5) is 0 Å². The lowest BCUT2D eigenvalue weighted by Crippen LogP contribution is -2.48. The molecule has 0 radical (unpaired) electrons. The first-order chi connectivity index (χ1) is 6.46. The van der Waals surface area contributed by atoms with Crippen molar-refractivity contribution >= 4 is 5.97 Å². The molecule has 1 rings (SSSR count). The van der Waals surface area contributed by atoms with Gasteiger partial charge in [-0.25, -0.2) is 4.79 Å². The van der Waals surface area contributed by atoms with E-state index >= 15 is 0 Å². The quantitative estimate of drug-likeness (QED) is 0.511. The predicted octanol–water partition coefficient (Wildman–Crippen LogP) is 1.92. The van der Waals surface area contributed by atoms with E-state index in [0.717, 1.165) is 13.0 Å². The molecule has 1 aliphatic heterocycles. The van der Waals surface area contributed by atoms with Crippen molar-refractivity contribution in [2.24, 2.45) is 5.41 Å². The van der Waals surface area contributed by atoms with Crippen molar-refractivity contribution in [3.05, 3.63) is 12.2 Å².